The van der Waals surface area contributed by atoms with Crippen molar-refractivity contribution >= 4 is 29.1 Å². The number of nitrogens with zero attached hydrogens (tertiary/aromatic N) is 6. The van der Waals surface area contributed by atoms with E-state index >= 15 is 0 Å². The number of carbonyl (C=O) groups excluding carboxylic acids is 2. The highest BCUT2D eigenvalue weighted by molar-refractivity contribution is 6.15. The summed E-state index contributed by atoms with van der Waals surface area (Å²) in [4.78, 5) is 47.1. The molecule has 0 fully saturated rings. The average Bonchev–Trinajstić information content (AvgIpc) is 3.30. The van der Waals surface area contributed by atoms with Gasteiger partial charge in [-0.05, 0) is 28.1 Å². The predicted octanol–water partition coefficient (Wildman–Crippen LogP) is 1.81. The molecule has 0 spiro atoms. The summed E-state index contributed by atoms with van der Waals surface area (Å²) in [5.41, 5.74) is -0.638. The first kappa shape index (κ1) is 21.2. The molecule has 2 heterocycles. The first-order valence-corrected chi connectivity index (χ1v) is 9.22. The Labute approximate surface area is 183 Å². The van der Waals surface area contributed by atoms with Gasteiger partial charge < -0.3 is 10.1 Å². The Morgan fingerprint density at radius 1 is 1.06 bits per heavy atom. The predicted molar refractivity (Wildman–Crippen MR) is 109 cm³/mol. The van der Waals surface area contributed by atoms with Crippen LogP contribution in [0.1, 0.15) is 22.0 Å². The molecule has 0 saturated heterocycles. The van der Waals surface area contributed by atoms with Gasteiger partial charge in [0.1, 0.15) is 11.7 Å². The smallest absolute Gasteiger partial charge is 0.355 e. The summed E-state index contributed by atoms with van der Waals surface area (Å²) in [7, 11) is 1.12. The largest absolute Gasteiger partial charge is 0.464 e. The third-order valence-corrected chi connectivity index (χ3v) is 4.89. The molecule has 1 aliphatic rings. The molecule has 2 aromatic carbocycles. The Balaban J connectivity index is 1.93. The fraction of sp³-hybridized carbons (Fsp3) is 0.105. The minimum atomic E-state index is -1.09. The van der Waals surface area contributed by atoms with Crippen molar-refractivity contribution in [1.29, 1.82) is 0 Å². The first-order chi connectivity index (χ1) is 15.8. The number of fused-ring (bicyclic) bond motifs is 1. The number of rotatable bonds is 6. The number of nitro benzene ring substituents is 2. The highest BCUT2D eigenvalue weighted by Gasteiger charge is 2.39. The number of hydrogen-bond donors (Lipinski definition) is 1. The molecule has 1 aromatic heterocycles. The monoisotopic (exact) mass is 451 g/mol. The number of nitrogens with one attached hydrogen (secondary N) is 1. The third-order valence-electron chi connectivity index (χ3n) is 4.89. The van der Waals surface area contributed by atoms with Crippen molar-refractivity contribution in [3.05, 3.63) is 91.2 Å². The maximum atomic E-state index is 13.6. The molecule has 0 saturated carbocycles. The zero-order valence-electron chi connectivity index (χ0n) is 16.7. The number of esters is 1. The van der Waals surface area contributed by atoms with Crippen LogP contribution in [0.25, 0.3) is 0 Å². The number of ketones is 1. The molecule has 0 unspecified atom stereocenters. The van der Waals surface area contributed by atoms with Crippen LogP contribution in [0, 0.1) is 20.2 Å². The quantitative estimate of drug-likeness (QED) is 0.249. The topological polar surface area (TPSA) is 185 Å². The lowest BCUT2D eigenvalue weighted by Gasteiger charge is -2.28. The molecule has 0 bridgehead atoms. The highest BCUT2D eigenvalue weighted by atomic mass is 16.6. The number of tetrazole rings is 1. The van der Waals surface area contributed by atoms with Crippen molar-refractivity contribution in [2.24, 2.45) is 0 Å². The summed E-state index contributed by atoms with van der Waals surface area (Å²) in [5.74, 6) is -1.60. The van der Waals surface area contributed by atoms with Gasteiger partial charge in [0.15, 0.2) is 5.78 Å². The molecular weight excluding hydrogens is 438 g/mol. The summed E-state index contributed by atoms with van der Waals surface area (Å²) >= 11 is 0. The van der Waals surface area contributed by atoms with Gasteiger partial charge in [-0.2, -0.15) is 4.68 Å². The van der Waals surface area contributed by atoms with Crippen LogP contribution in [0.2, 0.25) is 0 Å². The Morgan fingerprint density at radius 2 is 1.76 bits per heavy atom. The molecule has 33 heavy (non-hydrogen) atoms. The minimum absolute atomic E-state index is 0.0225. The lowest BCUT2D eigenvalue weighted by molar-refractivity contribution is -0.385. The van der Waals surface area contributed by atoms with E-state index in [0.29, 0.717) is 5.56 Å². The second kappa shape index (κ2) is 8.26. The number of non-ortho nitro benzene ring substituents is 2. The number of anilines is 1. The van der Waals surface area contributed by atoms with Gasteiger partial charge in [-0.25, -0.2) is 4.79 Å². The molecule has 0 amide bonds. The van der Waals surface area contributed by atoms with E-state index in [4.69, 9.17) is 4.74 Å². The fourth-order valence-corrected chi connectivity index (χ4v) is 3.39. The number of nitro groups is 2. The Bertz CT molecular complexity index is 1330. The molecule has 0 aliphatic carbocycles. The normalized spacial score (nSPS) is 14.8. The van der Waals surface area contributed by atoms with Crippen molar-refractivity contribution in [2.45, 2.75) is 6.04 Å². The molecule has 3 aromatic rings. The Hall–Kier alpha value is -5.01. The van der Waals surface area contributed by atoms with Gasteiger partial charge in [-0.15, -0.1) is 0 Å². The average molecular weight is 451 g/mol. The van der Waals surface area contributed by atoms with Crippen LogP contribution >= 0.6 is 0 Å². The van der Waals surface area contributed by atoms with E-state index in [-0.39, 0.29) is 34.2 Å². The number of Topliss-reactive ketones (excluding diaryl/α,β-unsaturated/α-hetero) is 1. The van der Waals surface area contributed by atoms with Gasteiger partial charge in [0.2, 0.25) is 5.95 Å². The van der Waals surface area contributed by atoms with Gasteiger partial charge in [-0.1, -0.05) is 17.2 Å². The molecule has 4 rings (SSSR count). The summed E-state index contributed by atoms with van der Waals surface area (Å²) in [6, 6.07) is 9.17. The summed E-state index contributed by atoms with van der Waals surface area (Å²) in [5, 5.41) is 36.1. The molecule has 166 valence electrons. The van der Waals surface area contributed by atoms with Crippen LogP contribution in [0.5, 0.6) is 0 Å². The number of hydrogen-bond acceptors (Lipinski definition) is 11. The summed E-state index contributed by atoms with van der Waals surface area (Å²) in [6.45, 7) is 0. The van der Waals surface area contributed by atoms with E-state index in [1.165, 1.54) is 47.1 Å². The number of ether oxygens (including phenoxy) is 1. The van der Waals surface area contributed by atoms with E-state index < -0.39 is 27.6 Å². The first-order valence-electron chi connectivity index (χ1n) is 9.22. The van der Waals surface area contributed by atoms with E-state index in [2.05, 4.69) is 20.8 Å². The van der Waals surface area contributed by atoms with Crippen LogP contribution < -0.4 is 5.32 Å². The summed E-state index contributed by atoms with van der Waals surface area (Å²) < 4.78 is 6.03. The van der Waals surface area contributed by atoms with E-state index in [0.717, 1.165) is 13.2 Å². The second-order valence-electron chi connectivity index (χ2n) is 6.74. The van der Waals surface area contributed by atoms with E-state index in [9.17, 15) is 29.8 Å². The van der Waals surface area contributed by atoms with E-state index in [1.54, 1.807) is 0 Å². The van der Waals surface area contributed by atoms with Crippen LogP contribution in [-0.2, 0) is 9.53 Å². The van der Waals surface area contributed by atoms with Crippen LogP contribution in [0.15, 0.2) is 59.8 Å². The molecule has 1 atom stereocenters. The second-order valence-corrected chi connectivity index (χ2v) is 6.74. The van der Waals surface area contributed by atoms with Crippen LogP contribution in [-0.4, -0.2) is 48.9 Å². The van der Waals surface area contributed by atoms with Gasteiger partial charge in [0.05, 0.1) is 22.5 Å². The van der Waals surface area contributed by atoms with Crippen LogP contribution in [0.3, 0.4) is 0 Å². The lowest BCUT2D eigenvalue weighted by atomic mass is 9.89. The third kappa shape index (κ3) is 3.76. The zero-order chi connectivity index (χ0) is 23.7. The van der Waals surface area contributed by atoms with Gasteiger partial charge in [0, 0.05) is 29.8 Å². The van der Waals surface area contributed by atoms with Gasteiger partial charge >= 0.3 is 5.97 Å². The maximum absolute atomic E-state index is 13.6. The Kier molecular flexibility index (Phi) is 5.31. The number of benzene rings is 2. The molecule has 14 heteroatoms. The van der Waals surface area contributed by atoms with Crippen molar-refractivity contribution in [1.82, 2.24) is 20.2 Å². The zero-order valence-corrected chi connectivity index (χ0v) is 16.7. The molecule has 1 N–H and O–H groups in total. The minimum Gasteiger partial charge on any atom is -0.464 e. The maximum Gasteiger partial charge on any atom is 0.355 e. The van der Waals surface area contributed by atoms with Crippen molar-refractivity contribution in [3.8, 4) is 0 Å². The number of aromatic nitrogens is 4. The summed E-state index contributed by atoms with van der Waals surface area (Å²) in [6.07, 6.45) is 0. The highest BCUT2D eigenvalue weighted by Crippen LogP contribution is 2.37. The molecular formula is C19H13N7O7. The standard InChI is InChI=1S/C19H13N7O7/c1-33-18(28)15-14(17(27)11-3-2-4-13(9-11)26(31)32)16(24-19(20-15)21-22-23-24)10-5-7-12(8-6-10)25(29)30/h2-9,16H,1H3,(H,20,21,23)/t16-/m0/s1. The molecule has 14 nitrogen and oxygen atoms in total. The van der Waals surface area contributed by atoms with Gasteiger partial charge in [0.25, 0.3) is 11.4 Å². The van der Waals surface area contributed by atoms with E-state index in [1.807, 2.05) is 0 Å². The molecule has 0 radical (unpaired) electrons. The molecule has 1 aliphatic heterocycles. The van der Waals surface area contributed by atoms with Crippen molar-refractivity contribution < 1.29 is 24.2 Å². The number of carbonyl (C=O) groups is 2. The van der Waals surface area contributed by atoms with Crippen molar-refractivity contribution in [2.75, 3.05) is 12.4 Å². The lowest BCUT2D eigenvalue weighted by Crippen LogP contribution is -2.33. The number of allylic oxidation sites excluding steroid dienone is 1. The SMILES string of the molecule is COC(=O)C1=C(C(=O)c2cccc([N+](=O)[O-])c2)[C@H](c2ccc([N+](=O)[O-])cc2)n2nnnc2N1. The van der Waals surface area contributed by atoms with Crippen molar-refractivity contribution in [3.63, 3.8) is 0 Å². The fourth-order valence-electron chi connectivity index (χ4n) is 3.39. The van der Waals surface area contributed by atoms with Crippen LogP contribution in [0.4, 0.5) is 17.3 Å². The Morgan fingerprint density at radius 3 is 2.39 bits per heavy atom. The number of methoxy groups -OCH3 is 1. The van der Waals surface area contributed by atoms with Gasteiger partial charge in [-0.3, -0.25) is 25.0 Å².